The van der Waals surface area contributed by atoms with E-state index in [-0.39, 0.29) is 29.6 Å². The molecular weight excluding hydrogens is 374 g/mol. The van der Waals surface area contributed by atoms with Crippen LogP contribution in [0.2, 0.25) is 0 Å². The molecule has 2 fully saturated rings. The van der Waals surface area contributed by atoms with Gasteiger partial charge in [-0.15, -0.1) is 0 Å². The van der Waals surface area contributed by atoms with Crippen molar-refractivity contribution in [3.63, 3.8) is 0 Å². The molecule has 0 spiro atoms. The zero-order valence-corrected chi connectivity index (χ0v) is 16.6. The van der Waals surface area contributed by atoms with E-state index < -0.39 is 5.41 Å². The van der Waals surface area contributed by atoms with Gasteiger partial charge in [-0.3, -0.25) is 9.59 Å². The lowest BCUT2D eigenvalue weighted by atomic mass is 9.71. The van der Waals surface area contributed by atoms with Crippen LogP contribution in [-0.4, -0.2) is 11.8 Å². The van der Waals surface area contributed by atoms with E-state index in [0.29, 0.717) is 11.4 Å². The standard InChI is InChI=1S/C26H21NO3/c1-26-19-8-6-18(14-19)23(26)24(28)27(25(26)29)20-9-12-21(13-10-20)30-22-11-7-16-4-2-3-5-17(16)15-22/h2-13,15,18-19,23H,14H2,1H3/t18-,19-,23-,26+/m0/s1. The molecule has 6 rings (SSSR count). The Morgan fingerprint density at radius 2 is 1.63 bits per heavy atom. The smallest absolute Gasteiger partial charge is 0.241 e. The lowest BCUT2D eigenvalue weighted by molar-refractivity contribution is -0.127. The number of benzene rings is 3. The predicted octanol–water partition coefficient (Wildman–Crippen LogP) is 5.33. The van der Waals surface area contributed by atoms with Crippen LogP contribution in [0.25, 0.3) is 10.8 Å². The number of hydrogen-bond acceptors (Lipinski definition) is 3. The summed E-state index contributed by atoms with van der Waals surface area (Å²) in [7, 11) is 0. The fourth-order valence-corrected chi connectivity index (χ4v) is 5.58. The number of anilines is 1. The minimum atomic E-state index is -0.600. The Morgan fingerprint density at radius 3 is 2.40 bits per heavy atom. The third-order valence-electron chi connectivity index (χ3n) is 7.16. The van der Waals surface area contributed by atoms with Crippen LogP contribution >= 0.6 is 0 Å². The van der Waals surface area contributed by atoms with Crippen molar-refractivity contribution in [1.29, 1.82) is 0 Å². The number of ether oxygens (including phenoxy) is 1. The monoisotopic (exact) mass is 395 g/mol. The maximum Gasteiger partial charge on any atom is 0.241 e. The number of rotatable bonds is 3. The number of carbonyl (C=O) groups is 2. The average Bonchev–Trinajstić information content (AvgIpc) is 3.40. The summed E-state index contributed by atoms with van der Waals surface area (Å²) in [4.78, 5) is 27.8. The van der Waals surface area contributed by atoms with E-state index in [1.807, 2.05) is 49.4 Å². The van der Waals surface area contributed by atoms with Crippen molar-refractivity contribution in [3.05, 3.63) is 78.9 Å². The second-order valence-corrected chi connectivity index (χ2v) is 8.74. The van der Waals surface area contributed by atoms with Gasteiger partial charge in [0.05, 0.1) is 17.0 Å². The Bertz CT molecular complexity index is 1230. The normalized spacial score (nSPS) is 29.1. The summed E-state index contributed by atoms with van der Waals surface area (Å²) < 4.78 is 6.00. The van der Waals surface area contributed by atoms with Crippen LogP contribution in [0.5, 0.6) is 11.5 Å². The van der Waals surface area contributed by atoms with Crippen LogP contribution in [0.3, 0.4) is 0 Å². The highest BCUT2D eigenvalue weighted by Crippen LogP contribution is 2.60. The van der Waals surface area contributed by atoms with Gasteiger partial charge in [-0.1, -0.05) is 42.5 Å². The van der Waals surface area contributed by atoms with Crippen molar-refractivity contribution < 1.29 is 14.3 Å². The number of amides is 2. The van der Waals surface area contributed by atoms with E-state index in [4.69, 9.17) is 4.74 Å². The molecule has 148 valence electrons. The lowest BCUT2D eigenvalue weighted by Gasteiger charge is -2.28. The zero-order valence-electron chi connectivity index (χ0n) is 16.6. The number of hydrogen-bond donors (Lipinski definition) is 0. The highest BCUT2D eigenvalue weighted by molar-refractivity contribution is 6.24. The predicted molar refractivity (Wildman–Crippen MR) is 115 cm³/mol. The van der Waals surface area contributed by atoms with E-state index in [1.165, 1.54) is 4.90 Å². The Labute approximate surface area is 174 Å². The van der Waals surface area contributed by atoms with Crippen LogP contribution < -0.4 is 9.64 Å². The molecule has 30 heavy (non-hydrogen) atoms. The van der Waals surface area contributed by atoms with Crippen LogP contribution in [0, 0.1) is 23.2 Å². The van der Waals surface area contributed by atoms with Crippen LogP contribution in [0.1, 0.15) is 13.3 Å². The summed E-state index contributed by atoms with van der Waals surface area (Å²) in [5.74, 6) is 1.41. The maximum absolute atomic E-state index is 13.2. The molecule has 4 atom stereocenters. The molecule has 2 bridgehead atoms. The molecule has 0 radical (unpaired) electrons. The first-order valence-corrected chi connectivity index (χ1v) is 10.4. The second kappa shape index (κ2) is 6.05. The molecule has 2 aliphatic carbocycles. The number of nitrogens with zero attached hydrogens (tertiary/aromatic N) is 1. The molecule has 4 nitrogen and oxygen atoms in total. The average molecular weight is 395 g/mol. The van der Waals surface area contributed by atoms with Crippen molar-refractivity contribution in [3.8, 4) is 11.5 Å². The lowest BCUT2D eigenvalue weighted by Crippen LogP contribution is -2.37. The van der Waals surface area contributed by atoms with Gasteiger partial charge in [0.2, 0.25) is 11.8 Å². The molecule has 4 heteroatoms. The number of carbonyl (C=O) groups excluding carboxylic acids is 2. The zero-order chi connectivity index (χ0) is 20.5. The summed E-state index contributed by atoms with van der Waals surface area (Å²) >= 11 is 0. The minimum Gasteiger partial charge on any atom is -0.457 e. The first kappa shape index (κ1) is 17.5. The molecule has 0 unspecified atom stereocenters. The minimum absolute atomic E-state index is 0.0671. The summed E-state index contributed by atoms with van der Waals surface area (Å²) in [5, 5.41) is 2.27. The summed E-state index contributed by atoms with van der Waals surface area (Å²) in [5.41, 5.74) is 0.0161. The Morgan fingerprint density at radius 1 is 0.900 bits per heavy atom. The molecule has 2 amide bonds. The van der Waals surface area contributed by atoms with Gasteiger partial charge in [0, 0.05) is 0 Å². The molecule has 1 heterocycles. The van der Waals surface area contributed by atoms with Gasteiger partial charge in [0.1, 0.15) is 11.5 Å². The van der Waals surface area contributed by atoms with E-state index >= 15 is 0 Å². The van der Waals surface area contributed by atoms with E-state index in [1.54, 1.807) is 12.1 Å². The summed E-state index contributed by atoms with van der Waals surface area (Å²) in [6.07, 6.45) is 5.16. The molecule has 1 saturated heterocycles. The molecule has 0 aromatic heterocycles. The highest BCUT2D eigenvalue weighted by atomic mass is 16.5. The van der Waals surface area contributed by atoms with Gasteiger partial charge >= 0.3 is 0 Å². The highest BCUT2D eigenvalue weighted by Gasteiger charge is 2.67. The number of fused-ring (bicyclic) bond motifs is 6. The number of imide groups is 1. The molecular formula is C26H21NO3. The van der Waals surface area contributed by atoms with Crippen molar-refractivity contribution >= 4 is 28.3 Å². The van der Waals surface area contributed by atoms with Crippen molar-refractivity contribution in [2.45, 2.75) is 13.3 Å². The summed E-state index contributed by atoms with van der Waals surface area (Å²) in [6, 6.07) is 21.3. The first-order valence-electron chi connectivity index (χ1n) is 10.4. The van der Waals surface area contributed by atoms with Crippen LogP contribution in [0.4, 0.5) is 5.69 Å². The van der Waals surface area contributed by atoms with Gasteiger partial charge in [-0.25, -0.2) is 4.90 Å². The van der Waals surface area contributed by atoms with Gasteiger partial charge < -0.3 is 4.74 Å². The van der Waals surface area contributed by atoms with Gasteiger partial charge in [-0.05, 0) is 72.4 Å². The third-order valence-corrected chi connectivity index (χ3v) is 7.16. The Kier molecular flexibility index (Phi) is 3.52. The molecule has 3 aromatic rings. The first-order chi connectivity index (χ1) is 14.6. The van der Waals surface area contributed by atoms with E-state index in [9.17, 15) is 9.59 Å². The van der Waals surface area contributed by atoms with Gasteiger partial charge in [0.15, 0.2) is 0 Å². The quantitative estimate of drug-likeness (QED) is 0.445. The fraction of sp³-hybridized carbons (Fsp3) is 0.231. The van der Waals surface area contributed by atoms with Crippen molar-refractivity contribution in [1.82, 2.24) is 0 Å². The largest absolute Gasteiger partial charge is 0.457 e. The molecule has 0 N–H and O–H groups in total. The van der Waals surface area contributed by atoms with Gasteiger partial charge in [0.25, 0.3) is 0 Å². The SMILES string of the molecule is C[C@]12C(=O)N(c3ccc(Oc4ccc5ccccc5c4)cc3)C(=O)[C@@H]1[C@H]1C=C[C@H]2C1. The van der Waals surface area contributed by atoms with Crippen molar-refractivity contribution in [2.75, 3.05) is 4.90 Å². The molecule has 1 saturated carbocycles. The van der Waals surface area contributed by atoms with Gasteiger partial charge in [-0.2, -0.15) is 0 Å². The van der Waals surface area contributed by atoms with Crippen LogP contribution in [-0.2, 0) is 9.59 Å². The number of allylic oxidation sites excluding steroid dienone is 2. The topological polar surface area (TPSA) is 46.6 Å². The Balaban J connectivity index is 1.26. The van der Waals surface area contributed by atoms with E-state index in [0.717, 1.165) is 22.9 Å². The fourth-order valence-electron chi connectivity index (χ4n) is 5.58. The van der Waals surface area contributed by atoms with Crippen molar-refractivity contribution in [2.24, 2.45) is 23.2 Å². The molecule has 1 aliphatic heterocycles. The summed E-state index contributed by atoms with van der Waals surface area (Å²) in [6.45, 7) is 1.96. The van der Waals surface area contributed by atoms with Crippen LogP contribution in [0.15, 0.2) is 78.9 Å². The third kappa shape index (κ3) is 2.28. The molecule has 3 aliphatic rings. The molecule has 3 aromatic carbocycles. The maximum atomic E-state index is 13.2. The van der Waals surface area contributed by atoms with E-state index in [2.05, 4.69) is 24.3 Å². The Hall–Kier alpha value is -3.40. The second-order valence-electron chi connectivity index (χ2n) is 8.74.